The maximum atomic E-state index is 5.61. The molecule has 112 valence electrons. The van der Waals surface area contributed by atoms with Crippen LogP contribution >= 0.6 is 12.4 Å². The molecule has 3 rings (SSSR count). The average molecular weight is 308 g/mol. The van der Waals surface area contributed by atoms with Crippen LogP contribution in [0.15, 0.2) is 36.9 Å². The summed E-state index contributed by atoms with van der Waals surface area (Å²) in [6.07, 6.45) is 7.63. The molecule has 21 heavy (non-hydrogen) atoms. The van der Waals surface area contributed by atoms with E-state index in [4.69, 9.17) is 4.84 Å². The van der Waals surface area contributed by atoms with Crippen LogP contribution in [-0.4, -0.2) is 31.3 Å². The van der Waals surface area contributed by atoms with Crippen LogP contribution in [0.2, 0.25) is 0 Å². The van der Waals surface area contributed by atoms with Crippen LogP contribution in [0, 0.1) is 0 Å². The van der Waals surface area contributed by atoms with Crippen LogP contribution in [0.1, 0.15) is 25.3 Å². The van der Waals surface area contributed by atoms with E-state index in [0.29, 0.717) is 6.61 Å². The zero-order valence-electron chi connectivity index (χ0n) is 11.8. The minimum atomic E-state index is 0. The Hall–Kier alpha value is -2.08. The van der Waals surface area contributed by atoms with Crippen molar-refractivity contribution in [3.63, 3.8) is 0 Å². The normalized spacial score (nSPS) is 10.5. The van der Waals surface area contributed by atoms with Gasteiger partial charge in [0.1, 0.15) is 17.6 Å². The third-order valence-corrected chi connectivity index (χ3v) is 3.12. The molecule has 0 radical (unpaired) electrons. The summed E-state index contributed by atoms with van der Waals surface area (Å²) in [5.74, 6) is 0. The molecule has 2 aromatic heterocycles. The van der Waals surface area contributed by atoms with Gasteiger partial charge in [-0.1, -0.05) is 24.3 Å². The highest BCUT2D eigenvalue weighted by Gasteiger charge is 2.06. The highest BCUT2D eigenvalue weighted by molar-refractivity contribution is 5.85. The molecule has 1 aromatic carbocycles. The Kier molecular flexibility index (Phi) is 5.16. The van der Waals surface area contributed by atoms with Crippen LogP contribution in [-0.2, 0) is 6.54 Å². The Morgan fingerprint density at radius 2 is 2.19 bits per heavy atom. The van der Waals surface area contributed by atoms with Gasteiger partial charge in [-0.05, 0) is 29.3 Å². The third kappa shape index (κ3) is 3.52. The number of unbranched alkanes of at least 4 members (excludes halogenated alkanes) is 1. The monoisotopic (exact) mass is 307 g/mol. The second-order valence-electron chi connectivity index (χ2n) is 4.71. The van der Waals surface area contributed by atoms with Gasteiger partial charge in [-0.25, -0.2) is 4.98 Å². The molecule has 0 fully saturated rings. The molecule has 2 heterocycles. The summed E-state index contributed by atoms with van der Waals surface area (Å²) in [6.45, 7) is 3.56. The van der Waals surface area contributed by atoms with Gasteiger partial charge in [0.15, 0.2) is 0 Å². The van der Waals surface area contributed by atoms with E-state index in [9.17, 15) is 0 Å². The van der Waals surface area contributed by atoms with Crippen molar-refractivity contribution in [1.82, 2.24) is 24.7 Å². The van der Waals surface area contributed by atoms with Crippen molar-refractivity contribution >= 4 is 23.4 Å². The van der Waals surface area contributed by atoms with E-state index >= 15 is 0 Å². The molecule has 0 unspecified atom stereocenters. The van der Waals surface area contributed by atoms with Crippen molar-refractivity contribution in [2.45, 2.75) is 26.3 Å². The van der Waals surface area contributed by atoms with Crippen LogP contribution in [0.25, 0.3) is 11.0 Å². The van der Waals surface area contributed by atoms with Crippen molar-refractivity contribution in [2.75, 3.05) is 6.61 Å². The van der Waals surface area contributed by atoms with E-state index in [0.717, 1.165) is 36.0 Å². The standard InChI is InChI=1S/C14H17N5O.ClH/c1-2-3-8-20-19-14-9-12(4-5-13(14)16-17-19)10-18-7-6-15-11-18;/h4-7,9,11H,2-3,8,10H2,1H3;1H. The number of benzene rings is 1. The van der Waals surface area contributed by atoms with E-state index in [1.54, 1.807) is 12.5 Å². The molecule has 0 saturated heterocycles. The summed E-state index contributed by atoms with van der Waals surface area (Å²) in [7, 11) is 0. The first-order valence-electron chi connectivity index (χ1n) is 6.80. The minimum absolute atomic E-state index is 0. The van der Waals surface area contributed by atoms with E-state index < -0.39 is 0 Å². The Morgan fingerprint density at radius 1 is 1.29 bits per heavy atom. The summed E-state index contributed by atoms with van der Waals surface area (Å²) in [6, 6.07) is 6.07. The van der Waals surface area contributed by atoms with E-state index in [-0.39, 0.29) is 12.4 Å². The second-order valence-corrected chi connectivity index (χ2v) is 4.71. The number of nitrogens with zero attached hydrogens (tertiary/aromatic N) is 5. The van der Waals surface area contributed by atoms with Crippen molar-refractivity contribution in [1.29, 1.82) is 0 Å². The molecule has 6 nitrogen and oxygen atoms in total. The van der Waals surface area contributed by atoms with Gasteiger partial charge in [-0.3, -0.25) is 0 Å². The Balaban J connectivity index is 0.00000161. The number of hydrogen-bond acceptors (Lipinski definition) is 4. The topological polar surface area (TPSA) is 57.8 Å². The van der Waals surface area contributed by atoms with Crippen LogP contribution in [0.3, 0.4) is 0 Å². The molecule has 3 aromatic rings. The minimum Gasteiger partial charge on any atom is -0.395 e. The second kappa shape index (κ2) is 7.08. The van der Waals surface area contributed by atoms with Gasteiger partial charge in [-0.15, -0.1) is 17.5 Å². The summed E-state index contributed by atoms with van der Waals surface area (Å²) in [4.78, 5) is 11.2. The third-order valence-electron chi connectivity index (χ3n) is 3.12. The number of rotatable bonds is 6. The van der Waals surface area contributed by atoms with Gasteiger partial charge in [0.05, 0.1) is 6.33 Å². The first-order chi connectivity index (χ1) is 9.86. The largest absolute Gasteiger partial charge is 0.395 e. The van der Waals surface area contributed by atoms with Crippen molar-refractivity contribution in [3.8, 4) is 0 Å². The Morgan fingerprint density at radius 3 is 2.95 bits per heavy atom. The van der Waals surface area contributed by atoms with Gasteiger partial charge in [0.25, 0.3) is 0 Å². The van der Waals surface area contributed by atoms with Gasteiger partial charge >= 0.3 is 0 Å². The summed E-state index contributed by atoms with van der Waals surface area (Å²) < 4.78 is 2.02. The number of fused-ring (bicyclic) bond motifs is 1. The zero-order chi connectivity index (χ0) is 13.8. The number of hydrogen-bond donors (Lipinski definition) is 0. The first kappa shape index (κ1) is 15.3. The smallest absolute Gasteiger partial charge is 0.131 e. The number of aromatic nitrogens is 5. The zero-order valence-corrected chi connectivity index (χ0v) is 12.7. The molecule has 7 heteroatoms. The number of halogens is 1. The van der Waals surface area contributed by atoms with Crippen LogP contribution < -0.4 is 4.84 Å². The van der Waals surface area contributed by atoms with E-state index in [1.165, 1.54) is 4.85 Å². The lowest BCUT2D eigenvalue weighted by Gasteiger charge is -2.06. The molecular weight excluding hydrogens is 290 g/mol. The predicted octanol–water partition coefficient (Wildman–Crippen LogP) is 2.33. The molecule has 0 aliphatic carbocycles. The van der Waals surface area contributed by atoms with Gasteiger partial charge in [-0.2, -0.15) is 0 Å². The molecule has 0 aliphatic rings. The molecule has 0 spiro atoms. The van der Waals surface area contributed by atoms with Gasteiger partial charge in [0.2, 0.25) is 0 Å². The van der Waals surface area contributed by atoms with E-state index in [2.05, 4.69) is 28.3 Å². The van der Waals surface area contributed by atoms with Crippen molar-refractivity contribution < 1.29 is 4.84 Å². The fourth-order valence-electron chi connectivity index (χ4n) is 2.02. The lowest BCUT2D eigenvalue weighted by molar-refractivity contribution is 0.0853. The molecule has 0 bridgehead atoms. The fraction of sp³-hybridized carbons (Fsp3) is 0.357. The Labute approximate surface area is 129 Å². The first-order valence-corrected chi connectivity index (χ1v) is 6.80. The summed E-state index contributed by atoms with van der Waals surface area (Å²) in [5.41, 5.74) is 2.91. The summed E-state index contributed by atoms with van der Waals surface area (Å²) in [5, 5.41) is 8.13. The van der Waals surface area contributed by atoms with Gasteiger partial charge < -0.3 is 9.40 Å². The summed E-state index contributed by atoms with van der Waals surface area (Å²) >= 11 is 0. The van der Waals surface area contributed by atoms with Gasteiger partial charge in [0, 0.05) is 18.9 Å². The quantitative estimate of drug-likeness (QED) is 0.656. The van der Waals surface area contributed by atoms with E-state index in [1.807, 2.05) is 22.9 Å². The average Bonchev–Trinajstić information content (AvgIpc) is 3.09. The van der Waals surface area contributed by atoms with Crippen molar-refractivity contribution in [3.05, 3.63) is 42.5 Å². The maximum Gasteiger partial charge on any atom is 0.131 e. The number of imidazole rings is 1. The molecule has 0 aliphatic heterocycles. The predicted molar refractivity (Wildman–Crippen MR) is 82.5 cm³/mol. The highest BCUT2D eigenvalue weighted by atomic mass is 35.5. The maximum absolute atomic E-state index is 5.61. The molecule has 0 N–H and O–H groups in total. The molecule has 0 saturated carbocycles. The lowest BCUT2D eigenvalue weighted by atomic mass is 10.2. The van der Waals surface area contributed by atoms with Crippen LogP contribution in [0.5, 0.6) is 0 Å². The molecule has 0 amide bonds. The molecular formula is C14H18ClN5O. The molecule has 0 atom stereocenters. The fourth-order valence-corrected chi connectivity index (χ4v) is 2.02. The Bertz CT molecular complexity index is 680. The van der Waals surface area contributed by atoms with Crippen molar-refractivity contribution in [2.24, 2.45) is 0 Å². The lowest BCUT2D eigenvalue weighted by Crippen LogP contribution is -2.14. The highest BCUT2D eigenvalue weighted by Crippen LogP contribution is 2.14. The SMILES string of the molecule is CCCCOn1nnc2ccc(Cn3ccnc3)cc21.Cl. The van der Waals surface area contributed by atoms with Crippen LogP contribution in [0.4, 0.5) is 0 Å².